The zero-order valence-corrected chi connectivity index (χ0v) is 13.8. The predicted molar refractivity (Wildman–Crippen MR) is 82.7 cm³/mol. The van der Waals surface area contributed by atoms with Gasteiger partial charge in [-0.1, -0.05) is 0 Å². The summed E-state index contributed by atoms with van der Waals surface area (Å²) in [5, 5.41) is -0.0458. The van der Waals surface area contributed by atoms with E-state index in [-0.39, 0.29) is 5.24 Å². The molecular formula is C15H21NO4S. The molecule has 0 spiro atoms. The van der Waals surface area contributed by atoms with E-state index >= 15 is 0 Å². The molecule has 1 aromatic rings. The first-order chi connectivity index (χ1) is 9.76. The van der Waals surface area contributed by atoms with E-state index in [1.54, 1.807) is 59.1 Å². The number of carbonyl (C=O) groups excluding carboxylic acids is 2. The van der Waals surface area contributed by atoms with Crippen LogP contribution in [0.4, 0.5) is 4.79 Å². The smallest absolute Gasteiger partial charge is 0.349 e. The van der Waals surface area contributed by atoms with E-state index in [0.717, 1.165) is 16.7 Å². The first kappa shape index (κ1) is 17.4. The molecular weight excluding hydrogens is 290 g/mol. The fourth-order valence-electron chi connectivity index (χ4n) is 1.41. The van der Waals surface area contributed by atoms with E-state index in [2.05, 4.69) is 0 Å². The highest BCUT2D eigenvalue weighted by molar-refractivity contribution is 8.13. The van der Waals surface area contributed by atoms with Gasteiger partial charge >= 0.3 is 5.97 Å². The minimum Gasteiger partial charge on any atom is -0.476 e. The van der Waals surface area contributed by atoms with Crippen LogP contribution < -0.4 is 4.74 Å². The number of hydrogen-bond donors (Lipinski definition) is 0. The monoisotopic (exact) mass is 311 g/mol. The van der Waals surface area contributed by atoms with Crippen molar-refractivity contribution in [3.8, 4) is 5.75 Å². The third-order valence-corrected chi connectivity index (χ3v) is 3.58. The van der Waals surface area contributed by atoms with E-state index in [0.29, 0.717) is 12.4 Å². The lowest BCUT2D eigenvalue weighted by Crippen LogP contribution is -2.39. The lowest BCUT2D eigenvalue weighted by Gasteiger charge is -2.24. The Kier molecular flexibility index (Phi) is 6.08. The van der Waals surface area contributed by atoms with Crippen molar-refractivity contribution >= 4 is 23.0 Å². The number of esters is 1. The third kappa shape index (κ3) is 5.30. The van der Waals surface area contributed by atoms with Crippen LogP contribution in [0.15, 0.2) is 29.2 Å². The van der Waals surface area contributed by atoms with E-state index in [1.807, 2.05) is 0 Å². The highest BCUT2D eigenvalue weighted by atomic mass is 32.2. The second-order valence-corrected chi connectivity index (χ2v) is 6.09. The van der Waals surface area contributed by atoms with Crippen LogP contribution in [0.2, 0.25) is 0 Å². The predicted octanol–water partition coefficient (Wildman–Crippen LogP) is 3.18. The molecule has 0 atom stereocenters. The van der Waals surface area contributed by atoms with Gasteiger partial charge in [-0.15, -0.1) is 0 Å². The van der Waals surface area contributed by atoms with Crippen LogP contribution in [0.5, 0.6) is 5.75 Å². The molecule has 6 heteroatoms. The van der Waals surface area contributed by atoms with Crippen molar-refractivity contribution < 1.29 is 19.1 Å². The molecule has 21 heavy (non-hydrogen) atoms. The molecule has 0 bridgehead atoms. The van der Waals surface area contributed by atoms with Gasteiger partial charge in [-0.25, -0.2) is 4.79 Å². The molecule has 1 rings (SSSR count). The quantitative estimate of drug-likeness (QED) is 0.617. The molecule has 5 nitrogen and oxygen atoms in total. The van der Waals surface area contributed by atoms with E-state index < -0.39 is 11.6 Å². The van der Waals surface area contributed by atoms with Gasteiger partial charge in [0.2, 0.25) is 0 Å². The van der Waals surface area contributed by atoms with E-state index in [4.69, 9.17) is 9.47 Å². The molecule has 0 aliphatic carbocycles. The Morgan fingerprint density at radius 1 is 1.19 bits per heavy atom. The van der Waals surface area contributed by atoms with E-state index in [1.165, 1.54) is 4.90 Å². The average Bonchev–Trinajstić information content (AvgIpc) is 2.40. The number of nitrogens with zero attached hydrogens (tertiary/aromatic N) is 1. The van der Waals surface area contributed by atoms with Crippen LogP contribution in [0.3, 0.4) is 0 Å². The summed E-state index contributed by atoms with van der Waals surface area (Å²) in [6, 6.07) is 7.02. The molecule has 1 aromatic carbocycles. The summed E-state index contributed by atoms with van der Waals surface area (Å²) in [5.41, 5.74) is -1.05. The Morgan fingerprint density at radius 3 is 2.24 bits per heavy atom. The Labute approximate surface area is 129 Å². The number of carbonyl (C=O) groups is 2. The van der Waals surface area contributed by atoms with Crippen molar-refractivity contribution in [1.29, 1.82) is 0 Å². The van der Waals surface area contributed by atoms with Gasteiger partial charge in [0.25, 0.3) is 5.24 Å². The molecule has 0 unspecified atom stereocenters. The van der Waals surface area contributed by atoms with Crippen molar-refractivity contribution in [3.05, 3.63) is 24.3 Å². The average molecular weight is 311 g/mol. The minimum absolute atomic E-state index is 0.0458. The molecule has 0 aromatic heterocycles. The summed E-state index contributed by atoms with van der Waals surface area (Å²) in [4.78, 5) is 25.7. The number of ether oxygens (including phenoxy) is 2. The molecule has 0 aliphatic rings. The third-order valence-electron chi connectivity index (χ3n) is 2.53. The lowest BCUT2D eigenvalue weighted by atomic mass is 10.1. The van der Waals surface area contributed by atoms with Gasteiger partial charge in [-0.3, -0.25) is 4.79 Å². The Balaban J connectivity index is 2.70. The number of hydrogen-bond acceptors (Lipinski definition) is 5. The Morgan fingerprint density at radius 2 is 1.76 bits per heavy atom. The summed E-state index contributed by atoms with van der Waals surface area (Å²) in [6.07, 6.45) is 0. The normalized spacial score (nSPS) is 10.9. The van der Waals surface area contributed by atoms with Crippen LogP contribution in [0, 0.1) is 0 Å². The van der Waals surface area contributed by atoms with Crippen molar-refractivity contribution in [1.82, 2.24) is 4.90 Å². The first-order valence-corrected chi connectivity index (χ1v) is 7.43. The topological polar surface area (TPSA) is 55.8 Å². The Hall–Kier alpha value is -1.69. The first-order valence-electron chi connectivity index (χ1n) is 6.61. The number of thioether (sulfide) groups is 1. The van der Waals surface area contributed by atoms with Crippen molar-refractivity contribution in [3.63, 3.8) is 0 Å². The van der Waals surface area contributed by atoms with Gasteiger partial charge in [0.05, 0.1) is 6.61 Å². The molecule has 1 amide bonds. The summed E-state index contributed by atoms with van der Waals surface area (Å²) in [6.45, 7) is 5.38. The van der Waals surface area contributed by atoms with E-state index in [9.17, 15) is 9.59 Å². The van der Waals surface area contributed by atoms with Gasteiger partial charge in [-0.2, -0.15) is 0 Å². The maximum atomic E-state index is 11.8. The largest absolute Gasteiger partial charge is 0.476 e. The molecule has 116 valence electrons. The molecule has 0 fully saturated rings. The molecule has 0 heterocycles. The summed E-state index contributed by atoms with van der Waals surface area (Å²) in [5.74, 6) is 0.140. The number of rotatable bonds is 5. The SMILES string of the molecule is CCOC(=O)C(C)(C)Oc1ccc(SC(=O)N(C)C)cc1. The summed E-state index contributed by atoms with van der Waals surface area (Å²) < 4.78 is 10.6. The number of benzene rings is 1. The van der Waals surface area contributed by atoms with Crippen molar-refractivity contribution in [2.75, 3.05) is 20.7 Å². The lowest BCUT2D eigenvalue weighted by molar-refractivity contribution is -0.158. The van der Waals surface area contributed by atoms with Gasteiger partial charge in [0.1, 0.15) is 5.75 Å². The zero-order valence-electron chi connectivity index (χ0n) is 13.0. The zero-order chi connectivity index (χ0) is 16.0. The van der Waals surface area contributed by atoms with Crippen LogP contribution in [-0.4, -0.2) is 42.4 Å². The standard InChI is InChI=1S/C15H21NO4S/c1-6-19-13(17)15(2,3)20-11-7-9-12(10-8-11)21-14(18)16(4)5/h7-10H,6H2,1-5H3. The summed E-state index contributed by atoms with van der Waals surface area (Å²) in [7, 11) is 3.41. The highest BCUT2D eigenvalue weighted by Crippen LogP contribution is 2.25. The summed E-state index contributed by atoms with van der Waals surface area (Å²) >= 11 is 1.13. The maximum Gasteiger partial charge on any atom is 0.349 e. The minimum atomic E-state index is -1.05. The fraction of sp³-hybridized carbons (Fsp3) is 0.467. The molecule has 0 radical (unpaired) electrons. The van der Waals surface area contributed by atoms with Crippen LogP contribution >= 0.6 is 11.8 Å². The van der Waals surface area contributed by atoms with Gasteiger partial charge in [0.15, 0.2) is 5.60 Å². The maximum absolute atomic E-state index is 11.8. The molecule has 0 aliphatic heterocycles. The fourth-order valence-corrected chi connectivity index (χ4v) is 2.07. The molecule has 0 N–H and O–H groups in total. The van der Waals surface area contributed by atoms with Crippen molar-refractivity contribution in [2.45, 2.75) is 31.3 Å². The van der Waals surface area contributed by atoms with Crippen LogP contribution in [-0.2, 0) is 9.53 Å². The van der Waals surface area contributed by atoms with Crippen LogP contribution in [0.1, 0.15) is 20.8 Å². The second-order valence-electron chi connectivity index (χ2n) is 5.07. The number of amides is 1. The second kappa shape index (κ2) is 7.36. The van der Waals surface area contributed by atoms with Crippen molar-refractivity contribution in [2.24, 2.45) is 0 Å². The van der Waals surface area contributed by atoms with Gasteiger partial charge in [0, 0.05) is 19.0 Å². The van der Waals surface area contributed by atoms with Gasteiger partial charge in [-0.05, 0) is 56.8 Å². The molecule has 0 saturated heterocycles. The molecule has 0 saturated carbocycles. The Bertz CT molecular complexity index is 497. The van der Waals surface area contributed by atoms with Gasteiger partial charge < -0.3 is 14.4 Å². The van der Waals surface area contributed by atoms with Crippen LogP contribution in [0.25, 0.3) is 0 Å². The highest BCUT2D eigenvalue weighted by Gasteiger charge is 2.31.